The van der Waals surface area contributed by atoms with Gasteiger partial charge in [0, 0.05) is 29.5 Å². The summed E-state index contributed by atoms with van der Waals surface area (Å²) in [5.41, 5.74) is -0.406. The van der Waals surface area contributed by atoms with E-state index in [1.165, 1.54) is 12.8 Å². The van der Waals surface area contributed by atoms with E-state index in [1.54, 1.807) is 11.3 Å². The molecule has 2 saturated carbocycles. The van der Waals surface area contributed by atoms with E-state index >= 15 is 0 Å². The summed E-state index contributed by atoms with van der Waals surface area (Å²) < 4.78 is 0. The molecule has 0 saturated heterocycles. The smallest absolute Gasteiger partial charge is 0.225 e. The molecule has 2 aliphatic rings. The van der Waals surface area contributed by atoms with Gasteiger partial charge in [0.25, 0.3) is 0 Å². The first-order chi connectivity index (χ1) is 13.3. The summed E-state index contributed by atoms with van der Waals surface area (Å²) in [7, 11) is 0. The maximum Gasteiger partial charge on any atom is 0.225 e. The van der Waals surface area contributed by atoms with Gasteiger partial charge in [-0.2, -0.15) is 0 Å². The maximum atomic E-state index is 12.6. The van der Waals surface area contributed by atoms with E-state index in [1.807, 2.05) is 32.3 Å². The first-order valence-electron chi connectivity index (χ1n) is 10.8. The Balaban J connectivity index is 1.52. The second-order valence-electron chi connectivity index (χ2n) is 9.58. The predicted octanol–water partition coefficient (Wildman–Crippen LogP) is 4.46. The van der Waals surface area contributed by atoms with E-state index in [0.29, 0.717) is 11.8 Å². The van der Waals surface area contributed by atoms with E-state index in [9.17, 15) is 9.59 Å². The summed E-state index contributed by atoms with van der Waals surface area (Å²) in [4.78, 5) is 29.4. The van der Waals surface area contributed by atoms with Crippen molar-refractivity contribution in [2.75, 3.05) is 6.54 Å². The lowest BCUT2D eigenvalue weighted by molar-refractivity contribution is -0.130. The molecular weight excluding hydrogens is 370 g/mol. The molecule has 3 rings (SSSR count). The van der Waals surface area contributed by atoms with Crippen molar-refractivity contribution in [2.24, 2.45) is 23.2 Å². The Hall–Kier alpha value is -1.43. The lowest BCUT2D eigenvalue weighted by Crippen LogP contribution is -2.41. The van der Waals surface area contributed by atoms with Crippen molar-refractivity contribution in [3.05, 3.63) is 16.6 Å². The van der Waals surface area contributed by atoms with Crippen LogP contribution in [0.2, 0.25) is 0 Å². The molecule has 2 amide bonds. The van der Waals surface area contributed by atoms with E-state index in [2.05, 4.69) is 15.6 Å². The number of hydrogen-bond acceptors (Lipinski definition) is 4. The highest BCUT2D eigenvalue weighted by Crippen LogP contribution is 2.38. The number of hydrogen-bond donors (Lipinski definition) is 2. The Morgan fingerprint density at radius 3 is 2.39 bits per heavy atom. The summed E-state index contributed by atoms with van der Waals surface area (Å²) in [6.45, 7) is 6.65. The van der Waals surface area contributed by atoms with E-state index < -0.39 is 5.41 Å². The van der Waals surface area contributed by atoms with Crippen LogP contribution in [0.5, 0.6) is 0 Å². The zero-order valence-corrected chi connectivity index (χ0v) is 18.3. The predicted molar refractivity (Wildman–Crippen MR) is 113 cm³/mol. The van der Waals surface area contributed by atoms with Gasteiger partial charge in [-0.25, -0.2) is 4.98 Å². The number of nitrogens with one attached hydrogen (secondary N) is 2. The summed E-state index contributed by atoms with van der Waals surface area (Å²) in [6, 6.07) is 0.000699. The van der Waals surface area contributed by atoms with Crippen molar-refractivity contribution in [3.63, 3.8) is 0 Å². The zero-order valence-electron chi connectivity index (χ0n) is 17.5. The van der Waals surface area contributed by atoms with Crippen molar-refractivity contribution >= 4 is 23.2 Å². The molecule has 1 atom stereocenters. The molecule has 0 unspecified atom stereocenters. The normalized spacial score (nSPS) is 24.7. The third-order valence-electron chi connectivity index (χ3n) is 6.34. The number of nitrogens with zero attached hydrogens (tertiary/aromatic N) is 1. The van der Waals surface area contributed by atoms with Gasteiger partial charge in [0.2, 0.25) is 11.8 Å². The van der Waals surface area contributed by atoms with Gasteiger partial charge in [-0.05, 0) is 50.4 Å². The number of amides is 2. The monoisotopic (exact) mass is 405 g/mol. The molecular formula is C22H35N3O2S. The fourth-order valence-corrected chi connectivity index (χ4v) is 5.21. The van der Waals surface area contributed by atoms with Gasteiger partial charge in [0.15, 0.2) is 0 Å². The minimum absolute atomic E-state index is 0.000699. The Kier molecular flexibility index (Phi) is 7.13. The molecule has 2 fully saturated rings. The van der Waals surface area contributed by atoms with Crippen LogP contribution in [0.3, 0.4) is 0 Å². The van der Waals surface area contributed by atoms with Crippen LogP contribution in [0.25, 0.3) is 0 Å². The highest BCUT2D eigenvalue weighted by molar-refractivity contribution is 7.09. The van der Waals surface area contributed by atoms with Crippen LogP contribution in [-0.4, -0.2) is 23.3 Å². The molecule has 156 valence electrons. The Morgan fingerprint density at radius 2 is 1.82 bits per heavy atom. The molecule has 1 aromatic rings. The molecule has 2 aliphatic carbocycles. The fraction of sp³-hybridized carbons (Fsp3) is 0.773. The van der Waals surface area contributed by atoms with Gasteiger partial charge >= 0.3 is 0 Å². The van der Waals surface area contributed by atoms with Crippen molar-refractivity contribution < 1.29 is 9.59 Å². The van der Waals surface area contributed by atoms with Crippen LogP contribution in [0.15, 0.2) is 11.6 Å². The topological polar surface area (TPSA) is 71.1 Å². The molecule has 6 heteroatoms. The molecule has 0 radical (unpaired) electrons. The highest BCUT2D eigenvalue weighted by Gasteiger charge is 2.34. The van der Waals surface area contributed by atoms with Gasteiger partial charge < -0.3 is 10.6 Å². The van der Waals surface area contributed by atoms with E-state index in [-0.39, 0.29) is 23.8 Å². The van der Waals surface area contributed by atoms with Crippen LogP contribution < -0.4 is 10.6 Å². The summed E-state index contributed by atoms with van der Waals surface area (Å²) in [6.07, 6.45) is 10.7. The maximum absolute atomic E-state index is 12.6. The minimum Gasteiger partial charge on any atom is -0.356 e. The molecule has 0 bridgehead atoms. The van der Waals surface area contributed by atoms with Crippen LogP contribution in [0.1, 0.15) is 83.2 Å². The number of aromatic nitrogens is 1. The number of thiazole rings is 1. The molecule has 0 aliphatic heterocycles. The average Bonchev–Trinajstić information content (AvgIpc) is 3.37. The SMILES string of the molecule is CC(C)(C)C(=O)N[C@@H](c1nccs1)C1CCC(CNC(=O)C2CCCC2)CC1. The van der Waals surface area contributed by atoms with Gasteiger partial charge in [0.1, 0.15) is 5.01 Å². The third-order valence-corrected chi connectivity index (χ3v) is 7.20. The summed E-state index contributed by atoms with van der Waals surface area (Å²) in [5.74, 6) is 1.56. The third kappa shape index (κ3) is 5.56. The van der Waals surface area contributed by atoms with Gasteiger partial charge in [-0.1, -0.05) is 33.6 Å². The zero-order chi connectivity index (χ0) is 20.1. The summed E-state index contributed by atoms with van der Waals surface area (Å²) >= 11 is 1.62. The summed E-state index contributed by atoms with van der Waals surface area (Å²) in [5, 5.41) is 9.46. The molecule has 28 heavy (non-hydrogen) atoms. The largest absolute Gasteiger partial charge is 0.356 e. The van der Waals surface area contributed by atoms with Crippen LogP contribution in [0, 0.1) is 23.2 Å². The average molecular weight is 406 g/mol. The van der Waals surface area contributed by atoms with Crippen molar-refractivity contribution in [1.29, 1.82) is 0 Å². The second kappa shape index (κ2) is 9.38. The van der Waals surface area contributed by atoms with Gasteiger partial charge in [-0.3, -0.25) is 9.59 Å². The molecule has 2 N–H and O–H groups in total. The Bertz CT molecular complexity index is 639. The van der Waals surface area contributed by atoms with Crippen LogP contribution >= 0.6 is 11.3 Å². The lowest BCUT2D eigenvalue weighted by atomic mass is 9.78. The number of carbonyl (C=O) groups is 2. The van der Waals surface area contributed by atoms with E-state index in [4.69, 9.17) is 0 Å². The molecule has 0 aromatic carbocycles. The molecule has 5 nitrogen and oxygen atoms in total. The van der Waals surface area contributed by atoms with Crippen molar-refractivity contribution in [1.82, 2.24) is 15.6 Å². The Morgan fingerprint density at radius 1 is 1.14 bits per heavy atom. The highest BCUT2D eigenvalue weighted by atomic mass is 32.1. The van der Waals surface area contributed by atoms with E-state index in [0.717, 1.165) is 50.1 Å². The van der Waals surface area contributed by atoms with Crippen LogP contribution in [0.4, 0.5) is 0 Å². The van der Waals surface area contributed by atoms with Crippen molar-refractivity contribution in [2.45, 2.75) is 78.2 Å². The molecule has 0 spiro atoms. The second-order valence-corrected chi connectivity index (χ2v) is 10.5. The van der Waals surface area contributed by atoms with Crippen molar-refractivity contribution in [3.8, 4) is 0 Å². The number of rotatable bonds is 6. The standard InChI is InChI=1S/C22H35N3O2S/c1-22(2,3)21(27)25-18(20-23-12-13-28-20)16-10-8-15(9-11-16)14-24-19(26)17-6-4-5-7-17/h12-13,15-18H,4-11,14H2,1-3H3,(H,24,26)(H,25,27)/t15?,16?,18-/m1/s1. The fourth-order valence-electron chi connectivity index (χ4n) is 4.43. The molecule has 1 aromatic heterocycles. The Labute approximate surface area is 173 Å². The quantitative estimate of drug-likeness (QED) is 0.734. The minimum atomic E-state index is -0.406. The van der Waals surface area contributed by atoms with Crippen LogP contribution in [-0.2, 0) is 9.59 Å². The number of carbonyl (C=O) groups excluding carboxylic acids is 2. The lowest BCUT2D eigenvalue weighted by Gasteiger charge is -2.35. The molecule has 1 heterocycles. The van der Waals surface area contributed by atoms with Gasteiger partial charge in [0.05, 0.1) is 6.04 Å². The first kappa shape index (κ1) is 21.3. The van der Waals surface area contributed by atoms with Gasteiger partial charge in [-0.15, -0.1) is 11.3 Å². The first-order valence-corrected chi connectivity index (χ1v) is 11.7.